The van der Waals surface area contributed by atoms with E-state index in [1.165, 1.54) is 0 Å². The summed E-state index contributed by atoms with van der Waals surface area (Å²) in [5, 5.41) is 15.0. The van der Waals surface area contributed by atoms with Crippen molar-refractivity contribution in [1.82, 2.24) is 9.78 Å². The second kappa shape index (κ2) is 3.74. The summed E-state index contributed by atoms with van der Waals surface area (Å²) >= 11 is 6.14. The Balaban J connectivity index is 2.10. The molecule has 1 N–H and O–H groups in total. The Morgan fingerprint density at radius 2 is 2.19 bits per heavy atom. The van der Waals surface area contributed by atoms with Crippen LogP contribution < -0.4 is 0 Å². The summed E-state index contributed by atoms with van der Waals surface area (Å²) in [4.78, 5) is 0. The molecule has 1 heterocycles. The number of halogens is 1. The number of aliphatic hydroxyl groups is 1. The first-order valence-electron chi connectivity index (χ1n) is 5.69. The van der Waals surface area contributed by atoms with Gasteiger partial charge in [0.05, 0.1) is 11.8 Å². The predicted octanol–water partition coefficient (Wildman–Crippen LogP) is 2.33. The van der Waals surface area contributed by atoms with Crippen molar-refractivity contribution in [2.75, 3.05) is 0 Å². The molecule has 1 aliphatic rings. The van der Waals surface area contributed by atoms with E-state index in [0.717, 1.165) is 17.7 Å². The van der Waals surface area contributed by atoms with Crippen LogP contribution >= 0.6 is 11.6 Å². The van der Waals surface area contributed by atoms with Crippen LogP contribution in [0.3, 0.4) is 0 Å². The average molecular weight is 243 g/mol. The minimum atomic E-state index is -0.296. The molecule has 0 amide bonds. The van der Waals surface area contributed by atoms with Crippen molar-refractivity contribution in [2.45, 2.75) is 39.7 Å². The van der Waals surface area contributed by atoms with E-state index in [0.29, 0.717) is 22.9 Å². The van der Waals surface area contributed by atoms with Gasteiger partial charge in [-0.1, -0.05) is 25.4 Å². The lowest BCUT2D eigenvalue weighted by atomic mass is 10.0. The molecule has 1 aliphatic carbocycles. The molecule has 1 aromatic rings. The number of aromatic nitrogens is 2. The number of aryl methyl sites for hydroxylation is 2. The maximum absolute atomic E-state index is 10.1. The van der Waals surface area contributed by atoms with Gasteiger partial charge >= 0.3 is 0 Å². The smallest absolute Gasteiger partial charge is 0.130 e. The lowest BCUT2D eigenvalue weighted by molar-refractivity contribution is 0.136. The fourth-order valence-electron chi connectivity index (χ4n) is 2.42. The van der Waals surface area contributed by atoms with E-state index < -0.39 is 0 Å². The monoisotopic (exact) mass is 242 g/mol. The fourth-order valence-corrected chi connectivity index (χ4v) is 2.67. The number of hydrogen-bond donors (Lipinski definition) is 1. The summed E-state index contributed by atoms with van der Waals surface area (Å²) in [6, 6.07) is 0. The molecular formula is C12H19ClN2O. The van der Waals surface area contributed by atoms with Gasteiger partial charge in [-0.25, -0.2) is 0 Å². The predicted molar refractivity (Wildman–Crippen MR) is 64.6 cm³/mol. The molecule has 16 heavy (non-hydrogen) atoms. The maximum Gasteiger partial charge on any atom is 0.130 e. The van der Waals surface area contributed by atoms with Crippen LogP contribution in [-0.4, -0.2) is 21.0 Å². The highest BCUT2D eigenvalue weighted by molar-refractivity contribution is 6.30. The van der Waals surface area contributed by atoms with Crippen molar-refractivity contribution in [3.8, 4) is 0 Å². The highest BCUT2D eigenvalue weighted by Gasteiger charge is 2.49. The Morgan fingerprint density at radius 3 is 2.56 bits per heavy atom. The number of hydrogen-bond acceptors (Lipinski definition) is 2. The molecule has 0 aliphatic heterocycles. The highest BCUT2D eigenvalue weighted by Crippen LogP contribution is 2.54. The molecule has 0 radical (unpaired) electrons. The Bertz CT molecular complexity index is 411. The molecule has 3 nitrogen and oxygen atoms in total. The standard InChI is InChI=1S/C12H19ClN2O/c1-7-8(11(13)15(4)14-7)5-10(16)9-6-12(9,2)3/h9-10,16H,5-6H2,1-4H3. The van der Waals surface area contributed by atoms with Crippen LogP contribution in [0.2, 0.25) is 5.15 Å². The van der Waals surface area contributed by atoms with Crippen molar-refractivity contribution < 1.29 is 5.11 Å². The van der Waals surface area contributed by atoms with E-state index in [2.05, 4.69) is 18.9 Å². The number of rotatable bonds is 3. The molecule has 90 valence electrons. The van der Waals surface area contributed by atoms with E-state index in [1.54, 1.807) is 4.68 Å². The lowest BCUT2D eigenvalue weighted by Gasteiger charge is -2.12. The first kappa shape index (κ1) is 11.9. The first-order valence-corrected chi connectivity index (χ1v) is 6.07. The maximum atomic E-state index is 10.1. The third-order valence-electron chi connectivity index (χ3n) is 3.74. The molecule has 2 rings (SSSR count). The second-order valence-corrected chi connectivity index (χ2v) is 5.91. The Hall–Kier alpha value is -0.540. The van der Waals surface area contributed by atoms with Crippen molar-refractivity contribution >= 4 is 11.6 Å². The SMILES string of the molecule is Cc1nn(C)c(Cl)c1CC(O)C1CC1(C)C. The molecule has 0 saturated heterocycles. The molecule has 1 saturated carbocycles. The minimum Gasteiger partial charge on any atom is -0.392 e. The van der Waals surface area contributed by atoms with Gasteiger partial charge in [-0.05, 0) is 24.7 Å². The molecule has 0 aromatic carbocycles. The topological polar surface area (TPSA) is 38.0 Å². The fraction of sp³-hybridized carbons (Fsp3) is 0.750. The van der Waals surface area contributed by atoms with Crippen LogP contribution in [0.15, 0.2) is 0 Å². The van der Waals surface area contributed by atoms with Crippen molar-refractivity contribution in [2.24, 2.45) is 18.4 Å². The summed E-state index contributed by atoms with van der Waals surface area (Å²) < 4.78 is 1.66. The van der Waals surface area contributed by atoms with Crippen molar-refractivity contribution in [3.05, 3.63) is 16.4 Å². The quantitative estimate of drug-likeness (QED) is 0.884. The third-order valence-corrected chi connectivity index (χ3v) is 4.21. The van der Waals surface area contributed by atoms with Crippen LogP contribution in [0.4, 0.5) is 0 Å². The average Bonchev–Trinajstić information content (AvgIpc) is 2.75. The van der Waals surface area contributed by atoms with Crippen LogP contribution in [0.5, 0.6) is 0 Å². The molecule has 1 fully saturated rings. The molecule has 0 spiro atoms. The van der Waals surface area contributed by atoms with Crippen molar-refractivity contribution in [1.29, 1.82) is 0 Å². The lowest BCUT2D eigenvalue weighted by Crippen LogP contribution is -2.16. The Morgan fingerprint density at radius 1 is 1.62 bits per heavy atom. The second-order valence-electron chi connectivity index (χ2n) is 5.55. The normalized spacial score (nSPS) is 24.5. The highest BCUT2D eigenvalue weighted by atomic mass is 35.5. The van der Waals surface area contributed by atoms with Crippen molar-refractivity contribution in [3.63, 3.8) is 0 Å². The third kappa shape index (κ3) is 1.98. The summed E-state index contributed by atoms with van der Waals surface area (Å²) in [6.07, 6.45) is 1.42. The zero-order valence-corrected chi connectivity index (χ0v) is 11.0. The van der Waals surface area contributed by atoms with Gasteiger partial charge in [0.25, 0.3) is 0 Å². The van der Waals surface area contributed by atoms with Crippen LogP contribution in [0.25, 0.3) is 0 Å². The summed E-state index contributed by atoms with van der Waals surface area (Å²) in [6.45, 7) is 6.32. The van der Waals surface area contributed by atoms with Gasteiger partial charge < -0.3 is 5.11 Å². The van der Waals surface area contributed by atoms with E-state index >= 15 is 0 Å². The zero-order valence-electron chi connectivity index (χ0n) is 10.3. The van der Waals surface area contributed by atoms with Gasteiger partial charge in [0, 0.05) is 19.0 Å². The minimum absolute atomic E-state index is 0.294. The summed E-state index contributed by atoms with van der Waals surface area (Å²) in [5.41, 5.74) is 2.20. The van der Waals surface area contributed by atoms with E-state index in [4.69, 9.17) is 11.6 Å². The van der Waals surface area contributed by atoms with Gasteiger partial charge in [-0.2, -0.15) is 5.10 Å². The molecule has 2 unspecified atom stereocenters. The first-order chi connectivity index (χ1) is 7.33. The summed E-state index contributed by atoms with van der Waals surface area (Å²) in [7, 11) is 1.83. The molecule has 0 bridgehead atoms. The van der Waals surface area contributed by atoms with Gasteiger partial charge in [0.1, 0.15) is 5.15 Å². The number of nitrogens with zero attached hydrogens (tertiary/aromatic N) is 2. The van der Waals surface area contributed by atoms with Gasteiger partial charge in [0.2, 0.25) is 0 Å². The van der Waals surface area contributed by atoms with E-state index in [1.807, 2.05) is 14.0 Å². The Kier molecular flexibility index (Phi) is 2.79. The van der Waals surface area contributed by atoms with Crippen LogP contribution in [0.1, 0.15) is 31.5 Å². The molecule has 2 atom stereocenters. The van der Waals surface area contributed by atoms with Gasteiger partial charge in [-0.3, -0.25) is 4.68 Å². The molecular weight excluding hydrogens is 224 g/mol. The zero-order chi connectivity index (χ0) is 12.1. The van der Waals surface area contributed by atoms with Crippen LogP contribution in [-0.2, 0) is 13.5 Å². The van der Waals surface area contributed by atoms with Gasteiger partial charge in [-0.15, -0.1) is 0 Å². The Labute approximate surface area is 101 Å². The molecule has 4 heteroatoms. The number of aliphatic hydroxyl groups excluding tert-OH is 1. The van der Waals surface area contributed by atoms with E-state index in [9.17, 15) is 5.11 Å². The van der Waals surface area contributed by atoms with E-state index in [-0.39, 0.29) is 6.10 Å². The van der Waals surface area contributed by atoms with Gasteiger partial charge in [0.15, 0.2) is 0 Å². The van der Waals surface area contributed by atoms with Crippen LogP contribution in [0, 0.1) is 18.3 Å². The summed E-state index contributed by atoms with van der Waals surface area (Å²) in [5.74, 6) is 0.406. The largest absolute Gasteiger partial charge is 0.392 e. The molecule has 1 aromatic heterocycles.